The van der Waals surface area contributed by atoms with Crippen LogP contribution in [0, 0.1) is 0 Å². The van der Waals surface area contributed by atoms with Crippen LogP contribution in [0.1, 0.15) is 25.6 Å². The smallest absolute Gasteiger partial charge is 0.237 e. The Morgan fingerprint density at radius 1 is 1.32 bits per heavy atom. The Bertz CT molecular complexity index is 400. The van der Waals surface area contributed by atoms with E-state index in [4.69, 9.17) is 0 Å². The van der Waals surface area contributed by atoms with Gasteiger partial charge in [-0.3, -0.25) is 9.69 Å². The summed E-state index contributed by atoms with van der Waals surface area (Å²) in [4.78, 5) is 17.6. The second kappa shape index (κ2) is 8.12. The summed E-state index contributed by atoms with van der Waals surface area (Å²) in [5.41, 5.74) is 1.02. The molecule has 0 aliphatic heterocycles. The van der Waals surface area contributed by atoms with Gasteiger partial charge in [0.25, 0.3) is 0 Å². The Morgan fingerprint density at radius 3 is 2.53 bits per heavy atom. The predicted octanol–water partition coefficient (Wildman–Crippen LogP) is 2.99. The monoisotopic (exact) mass is 280 g/mol. The largest absolute Gasteiger partial charge is 0.338 e. The lowest BCUT2D eigenvalue weighted by Crippen LogP contribution is -2.40. The molecule has 0 aromatic carbocycles. The highest BCUT2D eigenvalue weighted by Crippen LogP contribution is 2.12. The van der Waals surface area contributed by atoms with Crippen LogP contribution >= 0.6 is 11.3 Å². The zero-order chi connectivity index (χ0) is 14.3. The first-order chi connectivity index (χ1) is 9.06. The molecule has 0 atom stereocenters. The Labute approximate surface area is 120 Å². The van der Waals surface area contributed by atoms with E-state index in [2.05, 4.69) is 35.9 Å². The lowest BCUT2D eigenvalue weighted by molar-refractivity contribution is -0.131. The van der Waals surface area contributed by atoms with Gasteiger partial charge in [-0.1, -0.05) is 25.1 Å². The minimum atomic E-state index is 0.184. The van der Waals surface area contributed by atoms with Crippen molar-refractivity contribution in [2.75, 3.05) is 26.2 Å². The molecule has 19 heavy (non-hydrogen) atoms. The number of likely N-dealkylation sites (N-methyl/N-ethyl adjacent to an activating group) is 2. The van der Waals surface area contributed by atoms with Gasteiger partial charge in [-0.25, -0.2) is 0 Å². The van der Waals surface area contributed by atoms with Gasteiger partial charge in [0.05, 0.1) is 6.54 Å². The van der Waals surface area contributed by atoms with Crippen LogP contribution in [0.25, 0.3) is 0 Å². The second-order valence-corrected chi connectivity index (χ2v) is 5.78. The molecular weight excluding hydrogens is 256 g/mol. The van der Waals surface area contributed by atoms with Gasteiger partial charge in [-0.2, -0.15) is 0 Å². The second-order valence-electron chi connectivity index (χ2n) is 4.75. The molecule has 1 rings (SSSR count). The first-order valence-electron chi connectivity index (χ1n) is 6.73. The quantitative estimate of drug-likeness (QED) is 0.683. The van der Waals surface area contributed by atoms with Crippen LogP contribution in [0.5, 0.6) is 0 Å². The van der Waals surface area contributed by atoms with E-state index < -0.39 is 0 Å². The van der Waals surface area contributed by atoms with Crippen molar-refractivity contribution in [1.29, 1.82) is 0 Å². The number of rotatable bonds is 8. The third kappa shape index (κ3) is 5.57. The van der Waals surface area contributed by atoms with Gasteiger partial charge >= 0.3 is 0 Å². The molecule has 4 heteroatoms. The average Bonchev–Trinajstić information content (AvgIpc) is 2.87. The van der Waals surface area contributed by atoms with Crippen LogP contribution in [0.4, 0.5) is 0 Å². The summed E-state index contributed by atoms with van der Waals surface area (Å²) in [5.74, 6) is 0.184. The van der Waals surface area contributed by atoms with E-state index in [1.165, 1.54) is 4.88 Å². The fourth-order valence-corrected chi connectivity index (χ4v) is 2.64. The molecule has 0 saturated heterocycles. The van der Waals surface area contributed by atoms with Gasteiger partial charge in [0, 0.05) is 24.5 Å². The molecule has 0 fully saturated rings. The lowest BCUT2D eigenvalue weighted by Gasteiger charge is -2.25. The van der Waals surface area contributed by atoms with Crippen molar-refractivity contribution in [2.24, 2.45) is 0 Å². The van der Waals surface area contributed by atoms with E-state index in [-0.39, 0.29) is 5.91 Å². The molecule has 0 bridgehead atoms. The first-order valence-corrected chi connectivity index (χ1v) is 7.61. The number of hydrogen-bond donors (Lipinski definition) is 0. The zero-order valence-electron chi connectivity index (χ0n) is 12.2. The van der Waals surface area contributed by atoms with Crippen LogP contribution in [0.15, 0.2) is 29.7 Å². The highest BCUT2D eigenvalue weighted by Gasteiger charge is 2.15. The summed E-state index contributed by atoms with van der Waals surface area (Å²) in [6, 6.07) is 4.17. The number of nitrogens with zero attached hydrogens (tertiary/aromatic N) is 2. The van der Waals surface area contributed by atoms with E-state index in [9.17, 15) is 4.79 Å². The van der Waals surface area contributed by atoms with Crippen LogP contribution in [0.3, 0.4) is 0 Å². The van der Waals surface area contributed by atoms with E-state index in [1.807, 2.05) is 18.7 Å². The molecule has 106 valence electrons. The van der Waals surface area contributed by atoms with Crippen molar-refractivity contribution in [3.63, 3.8) is 0 Å². The van der Waals surface area contributed by atoms with Crippen molar-refractivity contribution in [1.82, 2.24) is 9.80 Å². The van der Waals surface area contributed by atoms with E-state index in [0.717, 1.165) is 25.2 Å². The van der Waals surface area contributed by atoms with Crippen molar-refractivity contribution in [2.45, 2.75) is 27.3 Å². The summed E-state index contributed by atoms with van der Waals surface area (Å²) in [5, 5.41) is 2.07. The third-order valence-electron chi connectivity index (χ3n) is 2.96. The normalized spacial score (nSPS) is 10.7. The molecule has 1 amide bonds. The molecular formula is C15H24N2OS. The molecule has 0 unspecified atom stereocenters. The summed E-state index contributed by atoms with van der Waals surface area (Å²) in [6.45, 7) is 13.6. The van der Waals surface area contributed by atoms with Crippen LogP contribution in [-0.2, 0) is 11.3 Å². The maximum absolute atomic E-state index is 12.3. The summed E-state index contributed by atoms with van der Waals surface area (Å²) in [7, 11) is 0. The Kier molecular flexibility index (Phi) is 6.81. The highest BCUT2D eigenvalue weighted by atomic mass is 32.1. The van der Waals surface area contributed by atoms with Crippen molar-refractivity contribution < 1.29 is 4.79 Å². The Balaban J connectivity index is 2.54. The third-order valence-corrected chi connectivity index (χ3v) is 3.82. The van der Waals surface area contributed by atoms with Gasteiger partial charge in [0.1, 0.15) is 0 Å². The van der Waals surface area contributed by atoms with Gasteiger partial charge in [-0.15, -0.1) is 11.3 Å². The fourth-order valence-electron chi connectivity index (χ4n) is 1.90. The highest BCUT2D eigenvalue weighted by molar-refractivity contribution is 7.09. The first kappa shape index (κ1) is 15.9. The van der Waals surface area contributed by atoms with Crippen molar-refractivity contribution >= 4 is 17.2 Å². The Hall–Kier alpha value is -1.13. The molecule has 0 aliphatic carbocycles. The van der Waals surface area contributed by atoms with Gasteiger partial charge in [0.15, 0.2) is 0 Å². The minimum Gasteiger partial charge on any atom is -0.338 e. The summed E-state index contributed by atoms with van der Waals surface area (Å²) >= 11 is 1.74. The lowest BCUT2D eigenvalue weighted by atomic mass is 10.3. The SMILES string of the molecule is C=C(C)CN(CC)C(=O)CN(CC)Cc1cccs1. The number of carbonyl (C=O) groups is 1. The van der Waals surface area contributed by atoms with Crippen molar-refractivity contribution in [3.8, 4) is 0 Å². The molecule has 0 saturated carbocycles. The van der Waals surface area contributed by atoms with Gasteiger partial charge in [-0.05, 0) is 31.8 Å². The number of thiophene rings is 1. The summed E-state index contributed by atoms with van der Waals surface area (Å²) < 4.78 is 0. The molecule has 0 aliphatic rings. The van der Waals surface area contributed by atoms with Gasteiger partial charge in [0.2, 0.25) is 5.91 Å². The van der Waals surface area contributed by atoms with Crippen LogP contribution in [-0.4, -0.2) is 41.9 Å². The number of carbonyl (C=O) groups excluding carboxylic acids is 1. The predicted molar refractivity (Wildman–Crippen MR) is 82.3 cm³/mol. The number of amides is 1. The molecule has 0 N–H and O–H groups in total. The number of hydrogen-bond acceptors (Lipinski definition) is 3. The van der Waals surface area contributed by atoms with E-state index in [1.54, 1.807) is 11.3 Å². The van der Waals surface area contributed by atoms with Crippen LogP contribution in [0.2, 0.25) is 0 Å². The molecule has 0 radical (unpaired) electrons. The van der Waals surface area contributed by atoms with Gasteiger partial charge < -0.3 is 4.90 Å². The Morgan fingerprint density at radius 2 is 2.05 bits per heavy atom. The molecule has 0 spiro atoms. The summed E-state index contributed by atoms with van der Waals surface area (Å²) in [6.07, 6.45) is 0. The minimum absolute atomic E-state index is 0.184. The topological polar surface area (TPSA) is 23.6 Å². The molecule has 3 nitrogen and oxygen atoms in total. The van der Waals surface area contributed by atoms with E-state index in [0.29, 0.717) is 13.1 Å². The maximum Gasteiger partial charge on any atom is 0.237 e. The van der Waals surface area contributed by atoms with Crippen molar-refractivity contribution in [3.05, 3.63) is 34.5 Å². The molecule has 1 aromatic rings. The molecule has 1 heterocycles. The maximum atomic E-state index is 12.3. The average molecular weight is 280 g/mol. The van der Waals surface area contributed by atoms with E-state index >= 15 is 0 Å². The fraction of sp³-hybridized carbons (Fsp3) is 0.533. The standard InChI is InChI=1S/C15H24N2OS/c1-5-16(11-14-8-7-9-19-14)12-15(18)17(6-2)10-13(3)4/h7-9H,3,5-6,10-12H2,1-2,4H3. The molecule has 1 aromatic heterocycles. The van der Waals surface area contributed by atoms with Crippen LogP contribution < -0.4 is 0 Å². The zero-order valence-corrected chi connectivity index (χ0v) is 13.0.